The number of halogens is 1. The second-order valence-electron chi connectivity index (χ2n) is 3.66. The number of primary amides is 1. The Morgan fingerprint density at radius 2 is 2.00 bits per heavy atom. The van der Waals surface area contributed by atoms with Crippen molar-refractivity contribution in [2.45, 2.75) is 6.42 Å². The third kappa shape index (κ3) is 2.47. The van der Waals surface area contributed by atoms with E-state index in [2.05, 4.69) is 4.98 Å². The summed E-state index contributed by atoms with van der Waals surface area (Å²) in [5, 5.41) is 0. The van der Waals surface area contributed by atoms with Crippen LogP contribution in [0.3, 0.4) is 0 Å². The Kier molecular flexibility index (Phi) is 3.14. The summed E-state index contributed by atoms with van der Waals surface area (Å²) >= 11 is 0. The number of amides is 1. The molecular formula is C13H11FN2O. The first-order chi connectivity index (χ1) is 8.18. The molecule has 0 saturated carbocycles. The highest BCUT2D eigenvalue weighted by Crippen LogP contribution is 2.25. The van der Waals surface area contributed by atoms with Crippen molar-refractivity contribution in [2.75, 3.05) is 0 Å². The average molecular weight is 230 g/mol. The highest BCUT2D eigenvalue weighted by Gasteiger charge is 2.10. The molecule has 0 fully saturated rings. The lowest BCUT2D eigenvalue weighted by molar-refractivity contribution is -0.117. The Morgan fingerprint density at radius 1 is 1.24 bits per heavy atom. The number of nitrogens with zero attached hydrogens (tertiary/aromatic N) is 1. The molecule has 1 aromatic heterocycles. The van der Waals surface area contributed by atoms with E-state index >= 15 is 0 Å². The Balaban J connectivity index is 2.52. The molecular weight excluding hydrogens is 219 g/mol. The first-order valence-electron chi connectivity index (χ1n) is 5.14. The average Bonchev–Trinajstić information content (AvgIpc) is 2.30. The SMILES string of the molecule is NC(=O)Cc1ccccc1-c1ccncc1F. The van der Waals surface area contributed by atoms with Gasteiger partial charge in [-0.2, -0.15) is 0 Å². The summed E-state index contributed by atoms with van der Waals surface area (Å²) in [4.78, 5) is 14.6. The van der Waals surface area contributed by atoms with Crippen LogP contribution >= 0.6 is 0 Å². The summed E-state index contributed by atoms with van der Waals surface area (Å²) in [7, 11) is 0. The van der Waals surface area contributed by atoms with E-state index in [0.717, 1.165) is 6.20 Å². The first-order valence-corrected chi connectivity index (χ1v) is 5.14. The number of hydrogen-bond acceptors (Lipinski definition) is 2. The van der Waals surface area contributed by atoms with E-state index in [1.165, 1.54) is 6.20 Å². The quantitative estimate of drug-likeness (QED) is 0.875. The molecule has 0 bridgehead atoms. The molecule has 1 aromatic carbocycles. The lowest BCUT2D eigenvalue weighted by atomic mass is 9.98. The molecule has 0 spiro atoms. The zero-order valence-electron chi connectivity index (χ0n) is 9.06. The van der Waals surface area contributed by atoms with Crippen molar-refractivity contribution in [2.24, 2.45) is 5.73 Å². The van der Waals surface area contributed by atoms with E-state index in [0.29, 0.717) is 16.7 Å². The van der Waals surface area contributed by atoms with Crippen molar-refractivity contribution >= 4 is 5.91 Å². The van der Waals surface area contributed by atoms with Crippen LogP contribution in [-0.2, 0) is 11.2 Å². The molecule has 0 aliphatic carbocycles. The maximum atomic E-state index is 13.6. The van der Waals surface area contributed by atoms with Gasteiger partial charge in [0.05, 0.1) is 12.6 Å². The van der Waals surface area contributed by atoms with Crippen LogP contribution in [-0.4, -0.2) is 10.9 Å². The zero-order valence-corrected chi connectivity index (χ0v) is 9.06. The molecule has 1 amide bonds. The van der Waals surface area contributed by atoms with E-state index in [4.69, 9.17) is 5.73 Å². The Bertz CT molecular complexity index is 555. The molecule has 2 aromatic rings. The third-order valence-electron chi connectivity index (χ3n) is 2.44. The fraction of sp³-hybridized carbons (Fsp3) is 0.0769. The zero-order chi connectivity index (χ0) is 12.3. The smallest absolute Gasteiger partial charge is 0.221 e. The maximum Gasteiger partial charge on any atom is 0.221 e. The summed E-state index contributed by atoms with van der Waals surface area (Å²) in [5.41, 5.74) is 6.98. The predicted molar refractivity (Wildman–Crippen MR) is 62.5 cm³/mol. The summed E-state index contributed by atoms with van der Waals surface area (Å²) in [6, 6.07) is 8.69. The molecule has 2 N–H and O–H groups in total. The van der Waals surface area contributed by atoms with Gasteiger partial charge in [-0.05, 0) is 17.2 Å². The minimum atomic E-state index is -0.438. The van der Waals surface area contributed by atoms with Crippen LogP contribution in [0.2, 0.25) is 0 Å². The van der Waals surface area contributed by atoms with Gasteiger partial charge in [-0.15, -0.1) is 0 Å². The number of carbonyl (C=O) groups is 1. The van der Waals surface area contributed by atoms with Crippen molar-refractivity contribution in [1.82, 2.24) is 4.98 Å². The summed E-state index contributed by atoms with van der Waals surface area (Å²) < 4.78 is 13.6. The number of aromatic nitrogens is 1. The topological polar surface area (TPSA) is 56.0 Å². The molecule has 0 unspecified atom stereocenters. The second-order valence-corrected chi connectivity index (χ2v) is 3.66. The monoisotopic (exact) mass is 230 g/mol. The minimum Gasteiger partial charge on any atom is -0.369 e. The van der Waals surface area contributed by atoms with Gasteiger partial charge in [-0.25, -0.2) is 4.39 Å². The molecule has 0 saturated heterocycles. The molecule has 0 atom stereocenters. The van der Waals surface area contributed by atoms with Crippen LogP contribution in [0.4, 0.5) is 4.39 Å². The summed E-state index contributed by atoms with van der Waals surface area (Å²) in [5.74, 6) is -0.851. The molecule has 0 radical (unpaired) electrons. The number of carbonyl (C=O) groups excluding carboxylic acids is 1. The first kappa shape index (κ1) is 11.3. The lowest BCUT2D eigenvalue weighted by Crippen LogP contribution is -2.14. The van der Waals surface area contributed by atoms with Gasteiger partial charge in [-0.3, -0.25) is 9.78 Å². The molecule has 0 aliphatic rings. The van der Waals surface area contributed by atoms with Gasteiger partial charge in [0.15, 0.2) is 0 Å². The molecule has 2 rings (SSSR count). The van der Waals surface area contributed by atoms with Crippen LogP contribution in [0, 0.1) is 5.82 Å². The highest BCUT2D eigenvalue weighted by atomic mass is 19.1. The molecule has 4 heteroatoms. The minimum absolute atomic E-state index is 0.0952. The molecule has 17 heavy (non-hydrogen) atoms. The van der Waals surface area contributed by atoms with Gasteiger partial charge >= 0.3 is 0 Å². The molecule has 0 aliphatic heterocycles. The highest BCUT2D eigenvalue weighted by molar-refractivity contribution is 5.80. The van der Waals surface area contributed by atoms with E-state index in [1.54, 1.807) is 30.3 Å². The third-order valence-corrected chi connectivity index (χ3v) is 2.44. The number of pyridine rings is 1. The van der Waals surface area contributed by atoms with Crippen molar-refractivity contribution in [3.8, 4) is 11.1 Å². The largest absolute Gasteiger partial charge is 0.369 e. The molecule has 3 nitrogen and oxygen atoms in total. The number of rotatable bonds is 3. The Hall–Kier alpha value is -2.23. The van der Waals surface area contributed by atoms with Crippen LogP contribution in [0.25, 0.3) is 11.1 Å². The number of benzene rings is 1. The van der Waals surface area contributed by atoms with Gasteiger partial charge in [0.2, 0.25) is 5.91 Å². The Labute approximate surface area is 98.1 Å². The number of nitrogens with two attached hydrogens (primary N) is 1. The lowest BCUT2D eigenvalue weighted by Gasteiger charge is -2.08. The van der Waals surface area contributed by atoms with Gasteiger partial charge in [0.1, 0.15) is 5.82 Å². The van der Waals surface area contributed by atoms with Crippen molar-refractivity contribution < 1.29 is 9.18 Å². The fourth-order valence-corrected chi connectivity index (χ4v) is 1.72. The summed E-state index contributed by atoms with van der Waals surface area (Å²) in [6.45, 7) is 0. The van der Waals surface area contributed by atoms with E-state index in [9.17, 15) is 9.18 Å². The standard InChI is InChI=1S/C13H11FN2O/c14-12-8-16-6-5-11(12)10-4-2-1-3-9(10)7-13(15)17/h1-6,8H,7H2,(H2,15,17). The van der Waals surface area contributed by atoms with Gasteiger partial charge < -0.3 is 5.73 Å². The van der Waals surface area contributed by atoms with Crippen molar-refractivity contribution in [3.05, 3.63) is 54.1 Å². The molecule has 86 valence electrons. The van der Waals surface area contributed by atoms with E-state index in [1.807, 2.05) is 0 Å². The number of hydrogen-bond donors (Lipinski definition) is 1. The fourth-order valence-electron chi connectivity index (χ4n) is 1.72. The van der Waals surface area contributed by atoms with E-state index in [-0.39, 0.29) is 6.42 Å². The second kappa shape index (κ2) is 4.74. The van der Waals surface area contributed by atoms with Gasteiger partial charge in [-0.1, -0.05) is 24.3 Å². The van der Waals surface area contributed by atoms with Gasteiger partial charge in [0.25, 0.3) is 0 Å². The van der Waals surface area contributed by atoms with Crippen LogP contribution in [0.15, 0.2) is 42.7 Å². The Morgan fingerprint density at radius 3 is 2.71 bits per heavy atom. The predicted octanol–water partition coefficient (Wildman–Crippen LogP) is 1.92. The molecule has 1 heterocycles. The van der Waals surface area contributed by atoms with Crippen molar-refractivity contribution in [1.29, 1.82) is 0 Å². The maximum absolute atomic E-state index is 13.6. The van der Waals surface area contributed by atoms with Crippen LogP contribution < -0.4 is 5.73 Å². The van der Waals surface area contributed by atoms with Gasteiger partial charge in [0, 0.05) is 11.8 Å². The van der Waals surface area contributed by atoms with Crippen molar-refractivity contribution in [3.63, 3.8) is 0 Å². The van der Waals surface area contributed by atoms with E-state index < -0.39 is 11.7 Å². The normalized spacial score (nSPS) is 10.2. The van der Waals surface area contributed by atoms with Crippen LogP contribution in [0.1, 0.15) is 5.56 Å². The summed E-state index contributed by atoms with van der Waals surface area (Å²) in [6.07, 6.45) is 2.76. The van der Waals surface area contributed by atoms with Crippen LogP contribution in [0.5, 0.6) is 0 Å².